The van der Waals surface area contributed by atoms with Gasteiger partial charge < -0.3 is 15.4 Å². The van der Waals surface area contributed by atoms with Crippen molar-refractivity contribution in [2.24, 2.45) is 11.1 Å². The fraction of sp³-hybridized carbons (Fsp3) is 0.667. The van der Waals surface area contributed by atoms with Crippen molar-refractivity contribution < 1.29 is 9.53 Å². The summed E-state index contributed by atoms with van der Waals surface area (Å²) in [5, 5.41) is 8.35. The minimum atomic E-state index is -0.211. The third-order valence-electron chi connectivity index (χ3n) is 6.09. The number of piperidine rings is 1. The van der Waals surface area contributed by atoms with Crippen molar-refractivity contribution in [3.05, 3.63) is 12.5 Å². The summed E-state index contributed by atoms with van der Waals surface area (Å²) in [6, 6.07) is 0.344. The quantitative estimate of drug-likeness (QED) is 0.610. The van der Waals surface area contributed by atoms with Crippen molar-refractivity contribution in [2.45, 2.75) is 49.5 Å². The lowest BCUT2D eigenvalue weighted by atomic mass is 9.74. The van der Waals surface area contributed by atoms with Gasteiger partial charge in [0.15, 0.2) is 5.65 Å². The molecule has 4 rings (SSSR count). The van der Waals surface area contributed by atoms with E-state index in [4.69, 9.17) is 10.7 Å². The molecule has 146 valence electrons. The average molecular weight is 391 g/mol. The lowest BCUT2D eigenvalue weighted by molar-refractivity contribution is -0.140. The second kappa shape index (κ2) is 7.63. The van der Waals surface area contributed by atoms with Crippen molar-refractivity contribution in [1.29, 1.82) is 0 Å². The molecule has 1 spiro atoms. The molecule has 0 amide bonds. The number of aromatic nitrogens is 4. The first-order valence-corrected chi connectivity index (χ1v) is 10.5. The van der Waals surface area contributed by atoms with E-state index in [1.165, 1.54) is 20.0 Å². The van der Waals surface area contributed by atoms with Gasteiger partial charge in [-0.1, -0.05) is 6.42 Å². The van der Waals surface area contributed by atoms with E-state index in [1.54, 1.807) is 18.1 Å². The monoisotopic (exact) mass is 390 g/mol. The number of anilines is 1. The maximum absolute atomic E-state index is 11.3. The normalized spacial score (nSPS) is 21.9. The number of hydrogen-bond donors (Lipinski definition) is 1. The van der Waals surface area contributed by atoms with Gasteiger partial charge in [-0.25, -0.2) is 9.38 Å². The van der Waals surface area contributed by atoms with Crippen LogP contribution in [0.3, 0.4) is 0 Å². The Morgan fingerprint density at radius 1 is 1.41 bits per heavy atom. The second-order valence-corrected chi connectivity index (χ2v) is 8.61. The molecule has 1 saturated heterocycles. The smallest absolute Gasteiger partial charge is 0.306 e. The van der Waals surface area contributed by atoms with Gasteiger partial charge in [-0.05, 0) is 31.1 Å². The van der Waals surface area contributed by atoms with Crippen molar-refractivity contribution >= 4 is 29.3 Å². The Morgan fingerprint density at radius 2 is 2.22 bits per heavy atom. The molecule has 9 heteroatoms. The molecule has 27 heavy (non-hydrogen) atoms. The Balaban J connectivity index is 1.48. The first kappa shape index (κ1) is 18.5. The van der Waals surface area contributed by atoms with Gasteiger partial charge in [0.25, 0.3) is 0 Å². The number of ether oxygens (including phenoxy) is 1. The Hall–Kier alpha value is -1.87. The Labute approximate surface area is 162 Å². The number of methoxy groups -OCH3 is 1. The lowest BCUT2D eigenvalue weighted by Crippen LogP contribution is -2.47. The van der Waals surface area contributed by atoms with Gasteiger partial charge in [0, 0.05) is 31.1 Å². The number of fused-ring (bicyclic) bond motifs is 1. The molecule has 2 aromatic rings. The SMILES string of the molecule is COC(=O)CCSc1cnc(N2CCC3(CCC[C@H]3N)CC2)n2cnnc12. The van der Waals surface area contributed by atoms with E-state index >= 15 is 0 Å². The minimum absolute atomic E-state index is 0.211. The Bertz CT molecular complexity index is 817. The molecular formula is C18H26N6O2S. The van der Waals surface area contributed by atoms with Crippen molar-refractivity contribution in [3.8, 4) is 0 Å². The van der Waals surface area contributed by atoms with Gasteiger partial charge in [-0.15, -0.1) is 22.0 Å². The third kappa shape index (κ3) is 3.50. The molecule has 3 heterocycles. The fourth-order valence-electron chi connectivity index (χ4n) is 4.41. The van der Waals surface area contributed by atoms with Crippen LogP contribution in [0, 0.1) is 5.41 Å². The zero-order valence-electron chi connectivity index (χ0n) is 15.6. The molecule has 2 N–H and O–H groups in total. The van der Waals surface area contributed by atoms with Crippen LogP contribution in [0.5, 0.6) is 0 Å². The lowest BCUT2D eigenvalue weighted by Gasteiger charge is -2.42. The van der Waals surface area contributed by atoms with Gasteiger partial charge in [0.2, 0.25) is 5.95 Å². The van der Waals surface area contributed by atoms with Gasteiger partial charge in [0.05, 0.1) is 18.4 Å². The van der Waals surface area contributed by atoms with E-state index in [0.717, 1.165) is 48.8 Å². The molecular weight excluding hydrogens is 364 g/mol. The first-order chi connectivity index (χ1) is 13.1. The molecule has 8 nitrogen and oxygen atoms in total. The molecule has 2 aliphatic rings. The summed E-state index contributed by atoms with van der Waals surface area (Å²) in [6.07, 6.45) is 9.83. The number of rotatable bonds is 5. The van der Waals surface area contributed by atoms with Crippen LogP contribution in [0.2, 0.25) is 0 Å². The fourth-order valence-corrected chi connectivity index (χ4v) is 5.29. The number of carbonyl (C=O) groups is 1. The van der Waals surface area contributed by atoms with Crippen molar-refractivity contribution in [1.82, 2.24) is 19.6 Å². The van der Waals surface area contributed by atoms with Gasteiger partial charge in [0.1, 0.15) is 6.33 Å². The summed E-state index contributed by atoms with van der Waals surface area (Å²) < 4.78 is 6.64. The highest BCUT2D eigenvalue weighted by atomic mass is 32.2. The molecule has 0 aromatic carbocycles. The third-order valence-corrected chi connectivity index (χ3v) is 7.10. The molecule has 0 bridgehead atoms. The molecule has 1 aliphatic heterocycles. The van der Waals surface area contributed by atoms with Crippen LogP contribution in [0.4, 0.5) is 5.95 Å². The van der Waals surface area contributed by atoms with E-state index in [2.05, 4.69) is 19.8 Å². The van der Waals surface area contributed by atoms with E-state index in [9.17, 15) is 4.79 Å². The molecule has 0 radical (unpaired) electrons. The molecule has 2 aromatic heterocycles. The summed E-state index contributed by atoms with van der Waals surface area (Å²) in [5.41, 5.74) is 7.52. The van der Waals surface area contributed by atoms with E-state index in [-0.39, 0.29) is 5.97 Å². The highest BCUT2D eigenvalue weighted by Crippen LogP contribution is 2.45. The van der Waals surface area contributed by atoms with Crippen LogP contribution in [0.15, 0.2) is 17.4 Å². The second-order valence-electron chi connectivity index (χ2n) is 7.47. The van der Waals surface area contributed by atoms with Crippen molar-refractivity contribution in [2.75, 3.05) is 30.9 Å². The molecule has 1 saturated carbocycles. The maximum Gasteiger partial charge on any atom is 0.306 e. The Morgan fingerprint density at radius 3 is 2.93 bits per heavy atom. The number of nitrogens with zero attached hydrogens (tertiary/aromatic N) is 5. The van der Waals surface area contributed by atoms with Gasteiger partial charge in [-0.2, -0.15) is 0 Å². The highest BCUT2D eigenvalue weighted by Gasteiger charge is 2.43. The van der Waals surface area contributed by atoms with Crippen LogP contribution >= 0.6 is 11.8 Å². The topological polar surface area (TPSA) is 98.6 Å². The number of nitrogens with two attached hydrogens (primary N) is 1. The number of esters is 1. The zero-order chi connectivity index (χ0) is 18.9. The first-order valence-electron chi connectivity index (χ1n) is 9.52. The van der Waals surface area contributed by atoms with E-state index in [0.29, 0.717) is 23.6 Å². The van der Waals surface area contributed by atoms with Crippen LogP contribution in [-0.4, -0.2) is 57.5 Å². The average Bonchev–Trinajstić information content (AvgIpc) is 3.31. The highest BCUT2D eigenvalue weighted by molar-refractivity contribution is 7.99. The predicted molar refractivity (Wildman–Crippen MR) is 104 cm³/mol. The molecule has 2 fully saturated rings. The molecule has 0 unspecified atom stereocenters. The maximum atomic E-state index is 11.3. The van der Waals surface area contributed by atoms with Gasteiger partial charge >= 0.3 is 5.97 Å². The van der Waals surface area contributed by atoms with Crippen LogP contribution in [0.1, 0.15) is 38.5 Å². The summed E-state index contributed by atoms with van der Waals surface area (Å²) in [4.78, 5) is 19.2. The summed E-state index contributed by atoms with van der Waals surface area (Å²) >= 11 is 1.55. The Kier molecular flexibility index (Phi) is 5.23. The summed E-state index contributed by atoms with van der Waals surface area (Å²) in [7, 11) is 1.40. The van der Waals surface area contributed by atoms with Crippen LogP contribution in [0.25, 0.3) is 5.65 Å². The number of thioether (sulfide) groups is 1. The predicted octanol–water partition coefficient (Wildman–Crippen LogP) is 1.88. The standard InChI is InChI=1S/C18H26N6O2S/c1-26-15(25)4-10-27-13-11-20-17(24-12-21-22-16(13)24)23-8-6-18(7-9-23)5-2-3-14(18)19/h11-12,14H,2-10,19H2,1H3/t14-/m1/s1. The van der Waals surface area contributed by atoms with E-state index < -0.39 is 0 Å². The zero-order valence-corrected chi connectivity index (χ0v) is 16.5. The number of carbonyl (C=O) groups excluding carboxylic acids is 1. The largest absolute Gasteiger partial charge is 0.469 e. The molecule has 1 aliphatic carbocycles. The van der Waals surface area contributed by atoms with E-state index in [1.807, 2.05) is 10.6 Å². The van der Waals surface area contributed by atoms with Crippen molar-refractivity contribution in [3.63, 3.8) is 0 Å². The summed E-state index contributed by atoms with van der Waals surface area (Å²) in [5.74, 6) is 1.30. The summed E-state index contributed by atoms with van der Waals surface area (Å²) in [6.45, 7) is 1.92. The molecule has 1 atom stereocenters. The minimum Gasteiger partial charge on any atom is -0.469 e. The van der Waals surface area contributed by atoms with Crippen LogP contribution in [-0.2, 0) is 9.53 Å². The number of hydrogen-bond acceptors (Lipinski definition) is 8. The van der Waals surface area contributed by atoms with Crippen LogP contribution < -0.4 is 10.6 Å². The van der Waals surface area contributed by atoms with Gasteiger partial charge in [-0.3, -0.25) is 4.79 Å².